The van der Waals surface area contributed by atoms with Gasteiger partial charge in [-0.15, -0.1) is 0 Å². The van der Waals surface area contributed by atoms with Gasteiger partial charge in [0.05, 0.1) is 6.10 Å². The smallest absolute Gasteiger partial charge is 0.308 e. The molecule has 2 aromatic carbocycles. The zero-order chi connectivity index (χ0) is 21.4. The molecule has 0 spiro atoms. The van der Waals surface area contributed by atoms with Gasteiger partial charge in [-0.1, -0.05) is 30.3 Å². The van der Waals surface area contributed by atoms with E-state index in [9.17, 15) is 19.5 Å². The van der Waals surface area contributed by atoms with Crippen molar-refractivity contribution < 1.29 is 29.0 Å². The molecule has 2 rings (SSSR count). The summed E-state index contributed by atoms with van der Waals surface area (Å²) in [6, 6.07) is 13.2. The molecule has 2 aromatic rings. The van der Waals surface area contributed by atoms with Crippen molar-refractivity contribution in [1.29, 1.82) is 0 Å². The molecule has 2 unspecified atom stereocenters. The Labute approximate surface area is 169 Å². The summed E-state index contributed by atoms with van der Waals surface area (Å²) in [5.41, 5.74) is 1.05. The Balaban J connectivity index is 2.00. The minimum absolute atomic E-state index is 0.125. The lowest BCUT2D eigenvalue weighted by molar-refractivity contribution is -0.132. The van der Waals surface area contributed by atoms with Gasteiger partial charge in [-0.3, -0.25) is 14.4 Å². The summed E-state index contributed by atoms with van der Waals surface area (Å²) in [5, 5.41) is 13.5. The first-order valence-electron chi connectivity index (χ1n) is 9.27. The van der Waals surface area contributed by atoms with Gasteiger partial charge in [0.1, 0.15) is 11.5 Å². The second-order valence-electron chi connectivity index (χ2n) is 6.65. The Morgan fingerprint density at radius 2 is 1.52 bits per heavy atom. The number of rotatable bonds is 9. The van der Waals surface area contributed by atoms with Gasteiger partial charge in [-0.2, -0.15) is 0 Å². The molecule has 0 aliphatic carbocycles. The first-order valence-corrected chi connectivity index (χ1v) is 9.27. The number of aliphatic hydroxyl groups excluding tert-OH is 1. The van der Waals surface area contributed by atoms with Gasteiger partial charge >= 0.3 is 11.9 Å². The van der Waals surface area contributed by atoms with Crippen molar-refractivity contribution in [3.05, 3.63) is 59.7 Å². The van der Waals surface area contributed by atoms with Crippen molar-refractivity contribution in [3.63, 3.8) is 0 Å². The van der Waals surface area contributed by atoms with Crippen molar-refractivity contribution in [3.8, 4) is 11.5 Å². The molecule has 0 aliphatic heterocycles. The molecule has 2 N–H and O–H groups in total. The largest absolute Gasteiger partial charge is 0.427 e. The van der Waals surface area contributed by atoms with E-state index >= 15 is 0 Å². The molecular formula is C22H25NO6. The molecule has 29 heavy (non-hydrogen) atoms. The lowest BCUT2D eigenvalue weighted by Crippen LogP contribution is -2.33. The number of ether oxygens (including phenoxy) is 2. The van der Waals surface area contributed by atoms with Gasteiger partial charge in [0, 0.05) is 44.5 Å². The third kappa shape index (κ3) is 7.14. The van der Waals surface area contributed by atoms with Gasteiger partial charge < -0.3 is 19.9 Å². The zero-order valence-electron chi connectivity index (χ0n) is 16.7. The summed E-state index contributed by atoms with van der Waals surface area (Å²) in [6.45, 7) is 4.65. The molecule has 7 heteroatoms. The highest BCUT2D eigenvalue weighted by Crippen LogP contribution is 2.24. The maximum atomic E-state index is 12.6. The Morgan fingerprint density at radius 1 is 0.966 bits per heavy atom. The SMILES string of the molecule is CC(=O)Oc1cc(OC(C)=O)cc(C(=O)CCNC(C)C(O)c2ccccc2)c1. The first-order chi connectivity index (χ1) is 13.8. The number of carbonyl (C=O) groups excluding carboxylic acids is 3. The van der Waals surface area contributed by atoms with Crippen LogP contribution in [0.4, 0.5) is 0 Å². The highest BCUT2D eigenvalue weighted by Gasteiger charge is 2.17. The van der Waals surface area contributed by atoms with Crippen LogP contribution in [-0.2, 0) is 9.59 Å². The maximum Gasteiger partial charge on any atom is 0.308 e. The van der Waals surface area contributed by atoms with E-state index in [0.29, 0.717) is 6.54 Å². The molecule has 7 nitrogen and oxygen atoms in total. The first kappa shape index (κ1) is 22.3. The van der Waals surface area contributed by atoms with Crippen molar-refractivity contribution in [1.82, 2.24) is 5.32 Å². The summed E-state index contributed by atoms with van der Waals surface area (Å²) in [5.74, 6) is -1.07. The second kappa shape index (κ2) is 10.5. The molecule has 0 saturated carbocycles. The van der Waals surface area contributed by atoms with E-state index in [4.69, 9.17) is 9.47 Å². The average Bonchev–Trinajstić information content (AvgIpc) is 2.66. The van der Waals surface area contributed by atoms with Crippen LogP contribution in [-0.4, -0.2) is 35.4 Å². The molecule has 154 valence electrons. The number of ketones is 1. The molecule has 0 aliphatic rings. The predicted molar refractivity (Wildman–Crippen MR) is 107 cm³/mol. The Hall–Kier alpha value is -3.03. The molecule has 0 amide bonds. The predicted octanol–water partition coefficient (Wildman–Crippen LogP) is 2.82. The number of Topliss-reactive ketones (excluding diaryl/α,β-unsaturated/α-hetero) is 1. The summed E-state index contributed by atoms with van der Waals surface area (Å²) < 4.78 is 10.0. The van der Waals surface area contributed by atoms with Crippen LogP contribution in [0.5, 0.6) is 11.5 Å². The lowest BCUT2D eigenvalue weighted by atomic mass is 10.0. The third-order valence-corrected chi connectivity index (χ3v) is 4.16. The van der Waals surface area contributed by atoms with E-state index in [-0.39, 0.29) is 35.3 Å². The van der Waals surface area contributed by atoms with E-state index in [1.807, 2.05) is 37.3 Å². The van der Waals surface area contributed by atoms with Crippen molar-refractivity contribution >= 4 is 17.7 Å². The Morgan fingerprint density at radius 3 is 2.03 bits per heavy atom. The molecule has 0 saturated heterocycles. The fourth-order valence-corrected chi connectivity index (χ4v) is 2.79. The van der Waals surface area contributed by atoms with E-state index in [1.54, 1.807) is 0 Å². The number of hydrogen-bond donors (Lipinski definition) is 2. The van der Waals surface area contributed by atoms with Gasteiger partial charge in [0.25, 0.3) is 0 Å². The highest BCUT2D eigenvalue weighted by atomic mass is 16.5. The van der Waals surface area contributed by atoms with Crippen molar-refractivity contribution in [2.45, 2.75) is 39.3 Å². The highest BCUT2D eigenvalue weighted by molar-refractivity contribution is 5.97. The maximum absolute atomic E-state index is 12.6. The quantitative estimate of drug-likeness (QED) is 0.380. The van der Waals surface area contributed by atoms with Crippen LogP contribution in [0.1, 0.15) is 49.2 Å². The van der Waals surface area contributed by atoms with Crippen LogP contribution < -0.4 is 14.8 Å². The van der Waals surface area contributed by atoms with E-state index in [2.05, 4.69) is 5.32 Å². The average molecular weight is 399 g/mol. The molecular weight excluding hydrogens is 374 g/mol. The van der Waals surface area contributed by atoms with Gasteiger partial charge in [0.15, 0.2) is 5.78 Å². The lowest BCUT2D eigenvalue weighted by Gasteiger charge is -2.20. The fraction of sp³-hybridized carbons (Fsp3) is 0.318. The Kier molecular flexibility index (Phi) is 8.06. The number of nitrogens with one attached hydrogen (secondary N) is 1. The number of aliphatic hydroxyl groups is 1. The molecule has 0 aromatic heterocycles. The monoisotopic (exact) mass is 399 g/mol. The van der Waals surface area contributed by atoms with Crippen LogP contribution >= 0.6 is 0 Å². The molecule has 0 fully saturated rings. The van der Waals surface area contributed by atoms with Crippen LogP contribution in [0, 0.1) is 0 Å². The van der Waals surface area contributed by atoms with Crippen LogP contribution in [0.15, 0.2) is 48.5 Å². The third-order valence-electron chi connectivity index (χ3n) is 4.16. The van der Waals surface area contributed by atoms with Crippen LogP contribution in [0.25, 0.3) is 0 Å². The summed E-state index contributed by atoms with van der Waals surface area (Å²) in [4.78, 5) is 35.0. The fourth-order valence-electron chi connectivity index (χ4n) is 2.79. The van der Waals surface area contributed by atoms with Crippen LogP contribution in [0.2, 0.25) is 0 Å². The number of carbonyl (C=O) groups is 3. The van der Waals surface area contributed by atoms with Crippen molar-refractivity contribution in [2.75, 3.05) is 6.54 Å². The molecule has 0 bridgehead atoms. The standard InChI is InChI=1S/C22H25NO6/c1-14(22(27)17-7-5-4-6-8-17)23-10-9-21(26)18-11-19(28-15(2)24)13-20(12-18)29-16(3)25/h4-8,11-14,22-23,27H,9-10H2,1-3H3. The van der Waals surface area contributed by atoms with E-state index in [1.165, 1.54) is 32.0 Å². The summed E-state index contributed by atoms with van der Waals surface area (Å²) in [7, 11) is 0. The van der Waals surface area contributed by atoms with Crippen LogP contribution in [0.3, 0.4) is 0 Å². The van der Waals surface area contributed by atoms with E-state index in [0.717, 1.165) is 5.56 Å². The zero-order valence-corrected chi connectivity index (χ0v) is 16.7. The summed E-state index contributed by atoms with van der Waals surface area (Å²) >= 11 is 0. The van der Waals surface area contributed by atoms with Gasteiger partial charge in [0.2, 0.25) is 0 Å². The second-order valence-corrected chi connectivity index (χ2v) is 6.65. The number of hydrogen-bond acceptors (Lipinski definition) is 7. The minimum atomic E-state index is -0.700. The normalized spacial score (nSPS) is 12.7. The van der Waals surface area contributed by atoms with Gasteiger partial charge in [-0.05, 0) is 24.6 Å². The Bertz CT molecular complexity index is 831. The minimum Gasteiger partial charge on any atom is -0.427 e. The molecule has 0 radical (unpaired) electrons. The summed E-state index contributed by atoms with van der Waals surface area (Å²) in [6.07, 6.45) is -0.552. The molecule has 0 heterocycles. The van der Waals surface area contributed by atoms with Crippen molar-refractivity contribution in [2.24, 2.45) is 0 Å². The molecule has 2 atom stereocenters. The van der Waals surface area contributed by atoms with Gasteiger partial charge in [-0.25, -0.2) is 0 Å². The topological polar surface area (TPSA) is 102 Å². The van der Waals surface area contributed by atoms with E-state index < -0.39 is 18.0 Å². The number of esters is 2. The number of benzene rings is 2.